The van der Waals surface area contributed by atoms with E-state index in [0.29, 0.717) is 18.1 Å². The van der Waals surface area contributed by atoms with Gasteiger partial charge >= 0.3 is 0 Å². The molecule has 2 fully saturated rings. The summed E-state index contributed by atoms with van der Waals surface area (Å²) in [5, 5.41) is 9.07. The second-order valence-corrected chi connectivity index (χ2v) is 8.92. The fourth-order valence-electron chi connectivity index (χ4n) is 3.68. The van der Waals surface area contributed by atoms with Crippen LogP contribution in [-0.2, 0) is 4.74 Å². The standard InChI is InChI=1S/C16H26N4OS2/c1-16(2)12(11-5-8-21-13(11)16)20-14(17-3)18-6-4-9-22-15-19-7-10-23-15/h7,10-13H,4-6,8-9H2,1-3H3,(H2,17,18,20). The van der Waals surface area contributed by atoms with Gasteiger partial charge in [0.25, 0.3) is 0 Å². The molecule has 3 atom stereocenters. The van der Waals surface area contributed by atoms with Crippen molar-refractivity contribution in [2.24, 2.45) is 16.3 Å². The smallest absolute Gasteiger partial charge is 0.191 e. The van der Waals surface area contributed by atoms with Gasteiger partial charge in [-0.05, 0) is 12.8 Å². The van der Waals surface area contributed by atoms with Gasteiger partial charge in [-0.2, -0.15) is 0 Å². The van der Waals surface area contributed by atoms with Gasteiger partial charge in [0.2, 0.25) is 0 Å². The molecule has 3 rings (SSSR count). The van der Waals surface area contributed by atoms with Gasteiger partial charge in [0.1, 0.15) is 4.34 Å². The molecule has 1 saturated heterocycles. The number of nitrogens with zero attached hydrogens (tertiary/aromatic N) is 2. The molecular weight excluding hydrogens is 328 g/mol. The molecular formula is C16H26N4OS2. The van der Waals surface area contributed by atoms with Crippen LogP contribution in [0.15, 0.2) is 20.9 Å². The monoisotopic (exact) mass is 354 g/mol. The lowest BCUT2D eigenvalue weighted by atomic mass is 9.57. The van der Waals surface area contributed by atoms with Gasteiger partial charge < -0.3 is 15.4 Å². The van der Waals surface area contributed by atoms with Crippen LogP contribution in [0.2, 0.25) is 0 Å². The van der Waals surface area contributed by atoms with Crippen LogP contribution in [-0.4, -0.2) is 49.0 Å². The Bertz CT molecular complexity index is 532. The third-order valence-corrected chi connectivity index (χ3v) is 6.92. The number of guanidine groups is 1. The van der Waals surface area contributed by atoms with E-state index in [1.807, 2.05) is 30.4 Å². The van der Waals surface area contributed by atoms with E-state index in [0.717, 1.165) is 42.0 Å². The third kappa shape index (κ3) is 3.67. The predicted molar refractivity (Wildman–Crippen MR) is 97.4 cm³/mol. The van der Waals surface area contributed by atoms with Crippen LogP contribution in [0, 0.1) is 11.3 Å². The summed E-state index contributed by atoms with van der Waals surface area (Å²) in [6.45, 7) is 6.40. The van der Waals surface area contributed by atoms with Crippen molar-refractivity contribution in [3.8, 4) is 0 Å². The summed E-state index contributed by atoms with van der Waals surface area (Å²) < 4.78 is 7.00. The van der Waals surface area contributed by atoms with Crippen LogP contribution in [0.1, 0.15) is 26.7 Å². The van der Waals surface area contributed by atoms with Crippen molar-refractivity contribution in [3.05, 3.63) is 11.6 Å². The first-order chi connectivity index (χ1) is 11.1. The molecule has 0 bridgehead atoms. The van der Waals surface area contributed by atoms with E-state index in [-0.39, 0.29) is 5.41 Å². The number of hydrogen-bond donors (Lipinski definition) is 2. The van der Waals surface area contributed by atoms with Crippen molar-refractivity contribution < 1.29 is 4.74 Å². The number of thiazole rings is 1. The largest absolute Gasteiger partial charge is 0.377 e. The molecule has 1 aromatic rings. The maximum atomic E-state index is 5.85. The van der Waals surface area contributed by atoms with Gasteiger partial charge in [0.15, 0.2) is 5.96 Å². The van der Waals surface area contributed by atoms with Crippen LogP contribution < -0.4 is 10.6 Å². The summed E-state index contributed by atoms with van der Waals surface area (Å²) >= 11 is 3.52. The maximum absolute atomic E-state index is 5.85. The molecule has 3 unspecified atom stereocenters. The van der Waals surface area contributed by atoms with Crippen LogP contribution in [0.3, 0.4) is 0 Å². The second-order valence-electron chi connectivity index (χ2n) is 6.69. The highest BCUT2D eigenvalue weighted by atomic mass is 32.2. The molecule has 23 heavy (non-hydrogen) atoms. The third-order valence-electron chi connectivity index (χ3n) is 4.87. The minimum Gasteiger partial charge on any atom is -0.377 e. The summed E-state index contributed by atoms with van der Waals surface area (Å²) in [5.74, 6) is 2.61. The lowest BCUT2D eigenvalue weighted by molar-refractivity contribution is -0.106. The average molecular weight is 355 g/mol. The molecule has 2 heterocycles. The first-order valence-corrected chi connectivity index (χ1v) is 10.1. The van der Waals surface area contributed by atoms with Crippen molar-refractivity contribution in [3.63, 3.8) is 0 Å². The highest BCUT2D eigenvalue weighted by molar-refractivity contribution is 8.00. The van der Waals surface area contributed by atoms with E-state index >= 15 is 0 Å². The molecule has 2 aliphatic rings. The number of aromatic nitrogens is 1. The molecule has 0 spiro atoms. The number of hydrogen-bond acceptors (Lipinski definition) is 5. The first kappa shape index (κ1) is 17.0. The Morgan fingerprint density at radius 1 is 1.57 bits per heavy atom. The van der Waals surface area contributed by atoms with Gasteiger partial charge in [-0.1, -0.05) is 25.6 Å². The van der Waals surface area contributed by atoms with Gasteiger partial charge in [-0.15, -0.1) is 11.3 Å². The van der Waals surface area contributed by atoms with E-state index in [2.05, 4.69) is 34.5 Å². The highest BCUT2D eigenvalue weighted by Crippen LogP contribution is 2.52. The normalized spacial score (nSPS) is 29.0. The lowest BCUT2D eigenvalue weighted by Crippen LogP contribution is -2.67. The number of fused-ring (bicyclic) bond motifs is 1. The lowest BCUT2D eigenvalue weighted by Gasteiger charge is -2.54. The Morgan fingerprint density at radius 3 is 3.17 bits per heavy atom. The molecule has 0 amide bonds. The number of nitrogens with one attached hydrogen (secondary N) is 2. The first-order valence-electron chi connectivity index (χ1n) is 8.24. The highest BCUT2D eigenvalue weighted by Gasteiger charge is 2.59. The second kappa shape index (κ2) is 7.40. The zero-order valence-corrected chi connectivity index (χ0v) is 15.7. The fourth-order valence-corrected chi connectivity index (χ4v) is 5.33. The molecule has 5 nitrogen and oxygen atoms in total. The Hall–Kier alpha value is -0.790. The zero-order valence-electron chi connectivity index (χ0n) is 14.0. The topological polar surface area (TPSA) is 58.5 Å². The molecule has 1 aliphatic heterocycles. The SMILES string of the molecule is CN=C(NCCCSc1nccs1)NC1C2CCOC2C1(C)C. The van der Waals surface area contributed by atoms with E-state index in [1.165, 1.54) is 0 Å². The van der Waals surface area contributed by atoms with Gasteiger partial charge in [0.05, 0.1) is 6.10 Å². The summed E-state index contributed by atoms with van der Waals surface area (Å²) in [6, 6.07) is 0.450. The van der Waals surface area contributed by atoms with Crippen LogP contribution in [0.25, 0.3) is 0 Å². The van der Waals surface area contributed by atoms with E-state index < -0.39 is 0 Å². The molecule has 2 N–H and O–H groups in total. The summed E-state index contributed by atoms with van der Waals surface area (Å²) in [7, 11) is 1.84. The Morgan fingerprint density at radius 2 is 2.43 bits per heavy atom. The minimum atomic E-state index is 0.180. The summed E-state index contributed by atoms with van der Waals surface area (Å²) in [4.78, 5) is 8.66. The predicted octanol–water partition coefficient (Wildman–Crippen LogP) is 2.60. The number of thioether (sulfide) groups is 1. The fraction of sp³-hybridized carbons (Fsp3) is 0.750. The number of aliphatic imine (C=N–C) groups is 1. The summed E-state index contributed by atoms with van der Waals surface area (Å²) in [6.07, 6.45) is 4.52. The molecule has 1 aromatic heterocycles. The quantitative estimate of drug-likeness (QED) is 0.356. The molecule has 0 aromatic carbocycles. The van der Waals surface area contributed by atoms with Gasteiger partial charge in [-0.25, -0.2) is 4.98 Å². The molecule has 1 aliphatic carbocycles. The number of rotatable bonds is 6. The van der Waals surface area contributed by atoms with E-state index in [9.17, 15) is 0 Å². The van der Waals surface area contributed by atoms with Gasteiger partial charge in [-0.3, -0.25) is 4.99 Å². The molecule has 0 radical (unpaired) electrons. The van der Waals surface area contributed by atoms with Crippen molar-refractivity contribution in [1.82, 2.24) is 15.6 Å². The van der Waals surface area contributed by atoms with E-state index in [4.69, 9.17) is 4.74 Å². The Labute approximate surface area is 146 Å². The molecule has 1 saturated carbocycles. The van der Waals surface area contributed by atoms with Crippen molar-refractivity contribution in [1.29, 1.82) is 0 Å². The molecule has 128 valence electrons. The average Bonchev–Trinajstić information content (AvgIpc) is 3.20. The van der Waals surface area contributed by atoms with Crippen molar-refractivity contribution in [2.75, 3.05) is 26.0 Å². The van der Waals surface area contributed by atoms with Crippen LogP contribution in [0.5, 0.6) is 0 Å². The Kier molecular flexibility index (Phi) is 5.49. The van der Waals surface area contributed by atoms with Crippen molar-refractivity contribution >= 4 is 29.1 Å². The van der Waals surface area contributed by atoms with Crippen LogP contribution in [0.4, 0.5) is 0 Å². The zero-order chi connectivity index (χ0) is 16.3. The molecule has 7 heteroatoms. The number of ether oxygens (including phenoxy) is 1. The van der Waals surface area contributed by atoms with Crippen molar-refractivity contribution in [2.45, 2.75) is 43.2 Å². The van der Waals surface area contributed by atoms with E-state index in [1.54, 1.807) is 11.3 Å². The minimum absolute atomic E-state index is 0.180. The maximum Gasteiger partial charge on any atom is 0.191 e. The van der Waals surface area contributed by atoms with Gasteiger partial charge in [0, 0.05) is 54.9 Å². The Balaban J connectivity index is 1.38. The summed E-state index contributed by atoms with van der Waals surface area (Å²) in [5.41, 5.74) is 0.180. The van der Waals surface area contributed by atoms with Crippen LogP contribution >= 0.6 is 23.1 Å².